The number of hydrogen-bond donors (Lipinski definition) is 2. The monoisotopic (exact) mass is 216 g/mol. The molecule has 0 saturated carbocycles. The number of ether oxygens (including phenoxy) is 1. The molecule has 4 nitrogen and oxygen atoms in total. The summed E-state index contributed by atoms with van der Waals surface area (Å²) in [7, 11) is -1.30. The van der Waals surface area contributed by atoms with Crippen LogP contribution in [-0.2, 0) is 4.74 Å². The van der Waals surface area contributed by atoms with E-state index in [-0.39, 0.29) is 0 Å². The average Bonchev–Trinajstić information content (AvgIpc) is 2.16. The number of carbonyl (C=O) groups is 1. The van der Waals surface area contributed by atoms with Crippen LogP contribution in [0.5, 0.6) is 0 Å². The molecular weight excluding hydrogens is 209 g/mol. The average molecular weight is 216 g/mol. The van der Waals surface area contributed by atoms with E-state index < -0.39 is 35.7 Å². The van der Waals surface area contributed by atoms with Gasteiger partial charge in [0.15, 0.2) is 0 Å². The van der Waals surface area contributed by atoms with Crippen molar-refractivity contribution in [2.75, 3.05) is 7.11 Å². The Morgan fingerprint density at radius 1 is 1.40 bits per heavy atom. The number of methoxy groups -OCH3 is 1. The topological polar surface area (TPSA) is 66.8 Å². The van der Waals surface area contributed by atoms with E-state index in [1.807, 2.05) is 0 Å². The maximum absolute atomic E-state index is 13.4. The Balaban J connectivity index is 3.35. The van der Waals surface area contributed by atoms with Crippen LogP contribution in [0.2, 0.25) is 0 Å². The molecule has 0 unspecified atom stereocenters. The second-order valence-corrected chi connectivity index (χ2v) is 2.69. The van der Waals surface area contributed by atoms with Crippen LogP contribution in [0.1, 0.15) is 10.4 Å². The minimum atomic E-state index is -2.32. The van der Waals surface area contributed by atoms with Gasteiger partial charge in [-0.3, -0.25) is 0 Å². The Hall–Kier alpha value is -1.47. The Labute approximate surface area is 84.2 Å². The van der Waals surface area contributed by atoms with Crippen LogP contribution in [0.15, 0.2) is 12.1 Å². The van der Waals surface area contributed by atoms with Crippen LogP contribution in [0.25, 0.3) is 0 Å². The molecule has 0 aliphatic heterocycles. The highest BCUT2D eigenvalue weighted by Gasteiger charge is 2.26. The fourth-order valence-corrected chi connectivity index (χ4v) is 1.07. The van der Waals surface area contributed by atoms with Crippen molar-refractivity contribution in [3.05, 3.63) is 29.3 Å². The number of halogens is 2. The van der Waals surface area contributed by atoms with Crippen LogP contribution in [0, 0.1) is 11.6 Å². The van der Waals surface area contributed by atoms with Crippen LogP contribution < -0.4 is 5.46 Å². The summed E-state index contributed by atoms with van der Waals surface area (Å²) in [5.74, 6) is -3.50. The van der Waals surface area contributed by atoms with Crippen molar-refractivity contribution in [2.45, 2.75) is 0 Å². The first-order valence-corrected chi connectivity index (χ1v) is 3.91. The Morgan fingerprint density at radius 2 is 2.00 bits per heavy atom. The SMILES string of the molecule is COC(=O)c1ccc(F)c(B(O)O)c1F. The lowest BCUT2D eigenvalue weighted by Gasteiger charge is -2.07. The van der Waals surface area contributed by atoms with Crippen LogP contribution >= 0.6 is 0 Å². The lowest BCUT2D eigenvalue weighted by Crippen LogP contribution is -2.37. The van der Waals surface area contributed by atoms with Crippen LogP contribution in [0.4, 0.5) is 8.78 Å². The number of carbonyl (C=O) groups excluding carboxylic acids is 1. The lowest BCUT2D eigenvalue weighted by molar-refractivity contribution is 0.0595. The van der Waals surface area contributed by atoms with E-state index in [2.05, 4.69) is 4.74 Å². The number of benzene rings is 1. The van der Waals surface area contributed by atoms with Crippen molar-refractivity contribution >= 4 is 18.6 Å². The minimum Gasteiger partial charge on any atom is -0.465 e. The fourth-order valence-electron chi connectivity index (χ4n) is 1.07. The van der Waals surface area contributed by atoms with E-state index in [0.29, 0.717) is 0 Å². The van der Waals surface area contributed by atoms with Crippen molar-refractivity contribution in [3.8, 4) is 0 Å². The Morgan fingerprint density at radius 3 is 2.47 bits per heavy atom. The zero-order chi connectivity index (χ0) is 11.6. The maximum Gasteiger partial charge on any atom is 0.494 e. The van der Waals surface area contributed by atoms with Gasteiger partial charge in [0.1, 0.15) is 11.6 Å². The third-order valence-corrected chi connectivity index (χ3v) is 1.79. The first kappa shape index (κ1) is 11.6. The van der Waals surface area contributed by atoms with Crippen molar-refractivity contribution in [3.63, 3.8) is 0 Å². The number of hydrogen-bond acceptors (Lipinski definition) is 4. The van der Waals surface area contributed by atoms with Gasteiger partial charge in [-0.15, -0.1) is 0 Å². The van der Waals surface area contributed by atoms with Gasteiger partial charge in [0.05, 0.1) is 18.1 Å². The van der Waals surface area contributed by atoms with Gasteiger partial charge in [0, 0.05) is 0 Å². The first-order valence-electron chi connectivity index (χ1n) is 3.91. The molecule has 0 fully saturated rings. The van der Waals surface area contributed by atoms with Gasteiger partial charge in [-0.1, -0.05) is 0 Å². The summed E-state index contributed by atoms with van der Waals surface area (Å²) in [4.78, 5) is 11.0. The van der Waals surface area contributed by atoms with Crippen molar-refractivity contribution in [2.24, 2.45) is 0 Å². The van der Waals surface area contributed by atoms with Crippen molar-refractivity contribution < 1.29 is 28.4 Å². The smallest absolute Gasteiger partial charge is 0.465 e. The van der Waals surface area contributed by atoms with E-state index in [1.165, 1.54) is 0 Å². The molecule has 2 N–H and O–H groups in total. The van der Waals surface area contributed by atoms with Crippen LogP contribution in [-0.4, -0.2) is 30.2 Å². The predicted octanol–water partition coefficient (Wildman–Crippen LogP) is -0.569. The molecule has 1 aromatic rings. The summed E-state index contributed by atoms with van der Waals surface area (Å²) in [5.41, 5.74) is -1.53. The molecule has 1 rings (SSSR count). The third-order valence-electron chi connectivity index (χ3n) is 1.79. The summed E-state index contributed by atoms with van der Waals surface area (Å²) < 4.78 is 30.5. The highest BCUT2D eigenvalue weighted by atomic mass is 19.1. The Kier molecular flexibility index (Phi) is 3.38. The molecule has 0 saturated heterocycles. The van der Waals surface area contributed by atoms with E-state index in [1.54, 1.807) is 0 Å². The van der Waals surface area contributed by atoms with E-state index in [4.69, 9.17) is 10.0 Å². The lowest BCUT2D eigenvalue weighted by atomic mass is 9.78. The molecule has 15 heavy (non-hydrogen) atoms. The molecule has 0 aromatic heterocycles. The summed E-state index contributed by atoms with van der Waals surface area (Å²) in [5, 5.41) is 17.4. The van der Waals surface area contributed by atoms with Gasteiger partial charge in [-0.25, -0.2) is 13.6 Å². The molecule has 0 bridgehead atoms. The van der Waals surface area contributed by atoms with Crippen LogP contribution in [0.3, 0.4) is 0 Å². The summed E-state index contributed by atoms with van der Waals surface area (Å²) >= 11 is 0. The zero-order valence-electron chi connectivity index (χ0n) is 7.70. The molecular formula is C8H7BF2O4. The van der Waals surface area contributed by atoms with Gasteiger partial charge in [-0.05, 0) is 12.1 Å². The summed E-state index contributed by atoms with van der Waals surface area (Å²) in [6, 6.07) is 1.62. The highest BCUT2D eigenvalue weighted by molar-refractivity contribution is 6.58. The van der Waals surface area contributed by atoms with Crippen molar-refractivity contribution in [1.29, 1.82) is 0 Å². The van der Waals surface area contributed by atoms with Crippen molar-refractivity contribution in [1.82, 2.24) is 0 Å². The quantitative estimate of drug-likeness (QED) is 0.513. The number of rotatable bonds is 2. The maximum atomic E-state index is 13.4. The molecule has 0 aliphatic rings. The molecule has 0 heterocycles. The molecule has 0 atom stereocenters. The normalized spacial score (nSPS) is 9.93. The molecule has 0 spiro atoms. The summed E-state index contributed by atoms with van der Waals surface area (Å²) in [6.07, 6.45) is 0. The second kappa shape index (κ2) is 4.37. The standard InChI is InChI=1S/C8H7BF2O4/c1-15-8(12)4-2-3-5(10)6(7(4)11)9(13)14/h2-3,13-14H,1H3. The molecule has 0 radical (unpaired) electrons. The van der Waals surface area contributed by atoms with E-state index in [0.717, 1.165) is 19.2 Å². The third kappa shape index (κ3) is 2.13. The van der Waals surface area contributed by atoms with Gasteiger partial charge < -0.3 is 14.8 Å². The molecule has 7 heteroatoms. The fraction of sp³-hybridized carbons (Fsp3) is 0.125. The largest absolute Gasteiger partial charge is 0.494 e. The minimum absolute atomic E-state index is 0.554. The second-order valence-electron chi connectivity index (χ2n) is 2.69. The molecule has 1 aromatic carbocycles. The summed E-state index contributed by atoms with van der Waals surface area (Å²) in [6.45, 7) is 0. The van der Waals surface area contributed by atoms with E-state index >= 15 is 0 Å². The molecule has 80 valence electrons. The predicted molar refractivity (Wildman–Crippen MR) is 47.5 cm³/mol. The first-order chi connectivity index (χ1) is 6.99. The van der Waals surface area contributed by atoms with Gasteiger partial charge in [0.2, 0.25) is 0 Å². The van der Waals surface area contributed by atoms with E-state index in [9.17, 15) is 13.6 Å². The Bertz CT molecular complexity index is 394. The molecule has 0 amide bonds. The zero-order valence-corrected chi connectivity index (χ0v) is 7.70. The van der Waals surface area contributed by atoms with Gasteiger partial charge in [-0.2, -0.15) is 0 Å². The van der Waals surface area contributed by atoms with Gasteiger partial charge in [0.25, 0.3) is 0 Å². The molecule has 0 aliphatic carbocycles. The number of esters is 1. The highest BCUT2D eigenvalue weighted by Crippen LogP contribution is 2.09. The van der Waals surface area contributed by atoms with Gasteiger partial charge >= 0.3 is 13.1 Å².